The van der Waals surface area contributed by atoms with Crippen LogP contribution in [-0.2, 0) is 0 Å². The van der Waals surface area contributed by atoms with E-state index in [0.29, 0.717) is 6.04 Å². The third kappa shape index (κ3) is 3.37. The lowest BCUT2D eigenvalue weighted by Gasteiger charge is -2.22. The molecule has 0 aromatic carbocycles. The maximum absolute atomic E-state index is 4.45. The van der Waals surface area contributed by atoms with Crippen molar-refractivity contribution in [3.63, 3.8) is 0 Å². The summed E-state index contributed by atoms with van der Waals surface area (Å²) in [6.45, 7) is 2.28. The van der Waals surface area contributed by atoms with Crippen molar-refractivity contribution >= 4 is 11.6 Å². The second-order valence-corrected chi connectivity index (χ2v) is 5.79. The first-order chi connectivity index (χ1) is 9.42. The maximum atomic E-state index is 4.45. The van der Waals surface area contributed by atoms with Gasteiger partial charge in [0, 0.05) is 25.2 Å². The minimum Gasteiger partial charge on any atom is -0.367 e. The number of rotatable bonds is 3. The molecular weight excluding hydrogens is 236 g/mol. The van der Waals surface area contributed by atoms with Gasteiger partial charge in [0.15, 0.2) is 0 Å². The fraction of sp³-hybridized carbons (Fsp3) is 0.733. The molecule has 104 valence electrons. The smallest absolute Gasteiger partial charge is 0.134 e. The number of anilines is 2. The highest BCUT2D eigenvalue weighted by atomic mass is 15.2. The molecule has 0 atom stereocenters. The van der Waals surface area contributed by atoms with Gasteiger partial charge >= 0.3 is 0 Å². The van der Waals surface area contributed by atoms with E-state index < -0.39 is 0 Å². The van der Waals surface area contributed by atoms with E-state index in [0.717, 1.165) is 24.7 Å². The van der Waals surface area contributed by atoms with Gasteiger partial charge in [0.1, 0.15) is 18.0 Å². The van der Waals surface area contributed by atoms with Crippen LogP contribution in [0, 0.1) is 0 Å². The van der Waals surface area contributed by atoms with Crippen molar-refractivity contribution in [2.24, 2.45) is 0 Å². The Morgan fingerprint density at radius 3 is 2.42 bits per heavy atom. The molecule has 0 spiro atoms. The Hall–Kier alpha value is -1.32. The molecule has 1 aliphatic carbocycles. The van der Waals surface area contributed by atoms with Crippen LogP contribution in [-0.4, -0.2) is 29.1 Å². The minimum absolute atomic E-state index is 0.617. The van der Waals surface area contributed by atoms with E-state index in [1.807, 2.05) is 0 Å². The van der Waals surface area contributed by atoms with E-state index in [-0.39, 0.29) is 0 Å². The largest absolute Gasteiger partial charge is 0.367 e. The second kappa shape index (κ2) is 6.22. The van der Waals surface area contributed by atoms with E-state index >= 15 is 0 Å². The van der Waals surface area contributed by atoms with E-state index in [9.17, 15) is 0 Å². The highest BCUT2D eigenvalue weighted by Crippen LogP contribution is 2.23. The van der Waals surface area contributed by atoms with Gasteiger partial charge < -0.3 is 10.2 Å². The minimum atomic E-state index is 0.617. The van der Waals surface area contributed by atoms with Crippen LogP contribution in [0.25, 0.3) is 0 Å². The summed E-state index contributed by atoms with van der Waals surface area (Å²) in [5, 5.41) is 3.56. The van der Waals surface area contributed by atoms with Crippen LogP contribution in [0.4, 0.5) is 11.6 Å². The third-order valence-corrected chi connectivity index (χ3v) is 4.29. The zero-order valence-corrected chi connectivity index (χ0v) is 11.6. The Bertz CT molecular complexity index is 393. The van der Waals surface area contributed by atoms with E-state index in [1.54, 1.807) is 6.33 Å². The fourth-order valence-electron chi connectivity index (χ4n) is 3.18. The van der Waals surface area contributed by atoms with Crippen LogP contribution in [0.1, 0.15) is 51.4 Å². The summed E-state index contributed by atoms with van der Waals surface area (Å²) in [5.41, 5.74) is 0. The molecule has 19 heavy (non-hydrogen) atoms. The number of aromatic nitrogens is 2. The second-order valence-electron chi connectivity index (χ2n) is 5.79. The molecule has 2 heterocycles. The topological polar surface area (TPSA) is 41.1 Å². The van der Waals surface area contributed by atoms with Crippen molar-refractivity contribution in [2.75, 3.05) is 23.3 Å². The summed E-state index contributed by atoms with van der Waals surface area (Å²) in [5.74, 6) is 2.10. The van der Waals surface area contributed by atoms with Crippen molar-refractivity contribution in [3.8, 4) is 0 Å². The highest BCUT2D eigenvalue weighted by molar-refractivity contribution is 5.49. The lowest BCUT2D eigenvalue weighted by Crippen LogP contribution is -2.25. The first-order valence-corrected chi connectivity index (χ1v) is 7.75. The van der Waals surface area contributed by atoms with Gasteiger partial charge in [0.25, 0.3) is 0 Å². The summed E-state index contributed by atoms with van der Waals surface area (Å²) in [6, 6.07) is 2.75. The predicted octanol–water partition coefficient (Wildman–Crippen LogP) is 3.21. The molecule has 0 amide bonds. The van der Waals surface area contributed by atoms with E-state index in [2.05, 4.69) is 26.3 Å². The molecule has 1 aliphatic heterocycles. The quantitative estimate of drug-likeness (QED) is 0.906. The summed E-state index contributed by atoms with van der Waals surface area (Å²) in [7, 11) is 0. The zero-order valence-electron chi connectivity index (χ0n) is 11.6. The molecule has 1 N–H and O–H groups in total. The lowest BCUT2D eigenvalue weighted by molar-refractivity contribution is 0.726. The lowest BCUT2D eigenvalue weighted by atomic mass is 10.2. The number of hydrogen-bond donors (Lipinski definition) is 1. The maximum Gasteiger partial charge on any atom is 0.134 e. The molecule has 4 heteroatoms. The molecule has 0 bridgehead atoms. The average Bonchev–Trinajstić information content (AvgIpc) is 2.79. The van der Waals surface area contributed by atoms with Gasteiger partial charge in [-0.05, 0) is 25.7 Å². The molecule has 1 aromatic rings. The van der Waals surface area contributed by atoms with Crippen molar-refractivity contribution < 1.29 is 0 Å². The van der Waals surface area contributed by atoms with Crippen LogP contribution in [0.2, 0.25) is 0 Å². The third-order valence-electron chi connectivity index (χ3n) is 4.29. The number of nitrogens with one attached hydrogen (secondary N) is 1. The highest BCUT2D eigenvalue weighted by Gasteiger charge is 2.16. The molecule has 1 saturated carbocycles. The Kier molecular flexibility index (Phi) is 4.16. The average molecular weight is 260 g/mol. The van der Waals surface area contributed by atoms with Gasteiger partial charge in [-0.25, -0.2) is 9.97 Å². The van der Waals surface area contributed by atoms with Crippen LogP contribution in [0.3, 0.4) is 0 Å². The first-order valence-electron chi connectivity index (χ1n) is 7.75. The summed E-state index contributed by atoms with van der Waals surface area (Å²) in [6.07, 6.45) is 12.3. The van der Waals surface area contributed by atoms with Gasteiger partial charge in [-0.1, -0.05) is 25.7 Å². The molecule has 1 saturated heterocycles. The van der Waals surface area contributed by atoms with Crippen LogP contribution >= 0.6 is 0 Å². The predicted molar refractivity (Wildman–Crippen MR) is 78.6 cm³/mol. The Balaban J connectivity index is 1.67. The Labute approximate surface area is 115 Å². The molecule has 0 radical (unpaired) electrons. The van der Waals surface area contributed by atoms with Crippen LogP contribution in [0.15, 0.2) is 12.4 Å². The van der Waals surface area contributed by atoms with Gasteiger partial charge in [-0.3, -0.25) is 0 Å². The molecule has 2 fully saturated rings. The fourth-order valence-corrected chi connectivity index (χ4v) is 3.18. The molecular formula is C15H24N4. The van der Waals surface area contributed by atoms with Crippen molar-refractivity contribution in [3.05, 3.63) is 12.4 Å². The SMILES string of the molecule is c1nc(NC2CCCC2)cc(N2CCCCCC2)n1. The van der Waals surface area contributed by atoms with Gasteiger partial charge in [0.2, 0.25) is 0 Å². The molecule has 3 rings (SSSR count). The van der Waals surface area contributed by atoms with Crippen LogP contribution in [0.5, 0.6) is 0 Å². The van der Waals surface area contributed by atoms with Crippen molar-refractivity contribution in [1.29, 1.82) is 0 Å². The normalized spacial score (nSPS) is 21.4. The van der Waals surface area contributed by atoms with Gasteiger partial charge in [-0.15, -0.1) is 0 Å². The van der Waals surface area contributed by atoms with Gasteiger partial charge in [-0.2, -0.15) is 0 Å². The standard InChI is InChI=1S/C15H24N4/c1-2-6-10-19(9-5-1)15-11-14(16-12-17-15)18-13-7-3-4-8-13/h11-13H,1-10H2,(H,16,17,18). The van der Waals surface area contributed by atoms with Crippen molar-refractivity contribution in [1.82, 2.24) is 9.97 Å². The Morgan fingerprint density at radius 1 is 0.947 bits per heavy atom. The van der Waals surface area contributed by atoms with Crippen LogP contribution < -0.4 is 10.2 Å². The zero-order chi connectivity index (χ0) is 12.9. The van der Waals surface area contributed by atoms with Gasteiger partial charge in [0.05, 0.1) is 0 Å². The summed E-state index contributed by atoms with van der Waals surface area (Å²) in [4.78, 5) is 11.2. The molecule has 1 aromatic heterocycles. The summed E-state index contributed by atoms with van der Waals surface area (Å²) < 4.78 is 0. The monoisotopic (exact) mass is 260 g/mol. The van der Waals surface area contributed by atoms with Crippen molar-refractivity contribution in [2.45, 2.75) is 57.4 Å². The summed E-state index contributed by atoms with van der Waals surface area (Å²) >= 11 is 0. The van der Waals surface area contributed by atoms with E-state index in [1.165, 1.54) is 51.4 Å². The first kappa shape index (κ1) is 12.7. The number of hydrogen-bond acceptors (Lipinski definition) is 4. The molecule has 4 nitrogen and oxygen atoms in total. The molecule has 0 unspecified atom stereocenters. The number of nitrogens with zero attached hydrogens (tertiary/aromatic N) is 3. The Morgan fingerprint density at radius 2 is 1.68 bits per heavy atom. The molecule has 2 aliphatic rings. The van der Waals surface area contributed by atoms with E-state index in [4.69, 9.17) is 0 Å².